The van der Waals surface area contributed by atoms with Crippen LogP contribution in [0.3, 0.4) is 0 Å². The van der Waals surface area contributed by atoms with Gasteiger partial charge in [0.1, 0.15) is 0 Å². The van der Waals surface area contributed by atoms with E-state index in [9.17, 15) is 0 Å². The summed E-state index contributed by atoms with van der Waals surface area (Å²) in [6.07, 6.45) is 6.85. The number of oxime groups is 1. The van der Waals surface area contributed by atoms with Gasteiger partial charge in [0.25, 0.3) is 0 Å². The monoisotopic (exact) mass is 275 g/mol. The van der Waals surface area contributed by atoms with Crippen molar-refractivity contribution in [3.05, 3.63) is 35.4 Å². The van der Waals surface area contributed by atoms with E-state index in [-0.39, 0.29) is 5.84 Å². The second-order valence-electron chi connectivity index (χ2n) is 5.84. The van der Waals surface area contributed by atoms with E-state index in [1.807, 2.05) is 24.3 Å². The summed E-state index contributed by atoms with van der Waals surface area (Å²) in [5.41, 5.74) is 7.67. The molecule has 110 valence electrons. The fraction of sp³-hybridized carbons (Fsp3) is 0.562. The van der Waals surface area contributed by atoms with Crippen molar-refractivity contribution in [2.24, 2.45) is 16.8 Å². The molecular formula is C16H25N3O. The molecule has 1 aliphatic rings. The Hall–Kier alpha value is -1.55. The number of amidine groups is 1. The summed E-state index contributed by atoms with van der Waals surface area (Å²) in [4.78, 5) is 2.35. The van der Waals surface area contributed by atoms with Crippen LogP contribution >= 0.6 is 0 Å². The van der Waals surface area contributed by atoms with Crippen molar-refractivity contribution in [3.63, 3.8) is 0 Å². The molecule has 0 spiro atoms. The first-order valence-corrected chi connectivity index (χ1v) is 7.45. The number of hydrogen-bond acceptors (Lipinski definition) is 3. The highest BCUT2D eigenvalue weighted by Gasteiger charge is 2.16. The first kappa shape index (κ1) is 14.9. The van der Waals surface area contributed by atoms with Crippen LogP contribution in [0.1, 0.15) is 43.2 Å². The second-order valence-corrected chi connectivity index (χ2v) is 5.84. The minimum atomic E-state index is 0.187. The maximum Gasteiger partial charge on any atom is 0.170 e. The molecule has 0 aliphatic heterocycles. The number of rotatable bonds is 5. The molecule has 1 fully saturated rings. The quantitative estimate of drug-likeness (QED) is 0.376. The Kier molecular flexibility index (Phi) is 5.41. The van der Waals surface area contributed by atoms with Gasteiger partial charge in [0, 0.05) is 18.7 Å². The maximum atomic E-state index is 8.86. The van der Waals surface area contributed by atoms with Crippen LogP contribution in [0.4, 0.5) is 0 Å². The summed E-state index contributed by atoms with van der Waals surface area (Å²) < 4.78 is 0. The van der Waals surface area contributed by atoms with E-state index in [0.717, 1.165) is 30.1 Å². The zero-order valence-corrected chi connectivity index (χ0v) is 12.3. The molecule has 20 heavy (non-hydrogen) atoms. The Bertz CT molecular complexity index is 453. The molecule has 0 saturated heterocycles. The molecule has 4 nitrogen and oxygen atoms in total. The van der Waals surface area contributed by atoms with Gasteiger partial charge in [-0.05, 0) is 31.4 Å². The Balaban J connectivity index is 1.98. The fourth-order valence-electron chi connectivity index (χ4n) is 3.13. The van der Waals surface area contributed by atoms with Crippen LogP contribution in [-0.2, 0) is 6.54 Å². The number of nitrogens with zero attached hydrogens (tertiary/aromatic N) is 2. The predicted octanol–water partition coefficient (Wildman–Crippen LogP) is 2.79. The molecule has 0 amide bonds. The van der Waals surface area contributed by atoms with Gasteiger partial charge in [0.05, 0.1) is 0 Å². The van der Waals surface area contributed by atoms with Crippen molar-refractivity contribution in [1.82, 2.24) is 4.90 Å². The van der Waals surface area contributed by atoms with Crippen molar-refractivity contribution in [2.75, 3.05) is 13.6 Å². The number of benzene rings is 1. The predicted molar refractivity (Wildman–Crippen MR) is 81.9 cm³/mol. The highest BCUT2D eigenvalue weighted by atomic mass is 16.4. The third kappa shape index (κ3) is 3.97. The summed E-state index contributed by atoms with van der Waals surface area (Å²) in [5.74, 6) is 1.01. The van der Waals surface area contributed by atoms with Gasteiger partial charge in [-0.1, -0.05) is 48.7 Å². The lowest BCUT2D eigenvalue weighted by Crippen LogP contribution is -2.28. The average molecular weight is 275 g/mol. The van der Waals surface area contributed by atoms with Crippen LogP contribution in [0.5, 0.6) is 0 Å². The van der Waals surface area contributed by atoms with Gasteiger partial charge < -0.3 is 15.8 Å². The lowest BCUT2D eigenvalue weighted by atomic mass is 9.89. The molecule has 3 N–H and O–H groups in total. The first-order chi connectivity index (χ1) is 9.70. The van der Waals surface area contributed by atoms with E-state index in [2.05, 4.69) is 17.1 Å². The molecule has 0 bridgehead atoms. The van der Waals surface area contributed by atoms with Crippen LogP contribution in [-0.4, -0.2) is 29.5 Å². The van der Waals surface area contributed by atoms with E-state index >= 15 is 0 Å². The van der Waals surface area contributed by atoms with Crippen LogP contribution < -0.4 is 5.73 Å². The average Bonchev–Trinajstić information content (AvgIpc) is 2.48. The fourth-order valence-corrected chi connectivity index (χ4v) is 3.13. The van der Waals surface area contributed by atoms with Gasteiger partial charge >= 0.3 is 0 Å². The summed E-state index contributed by atoms with van der Waals surface area (Å²) >= 11 is 0. The second kappa shape index (κ2) is 7.29. The third-order valence-electron chi connectivity index (χ3n) is 4.14. The van der Waals surface area contributed by atoms with E-state index in [1.54, 1.807) is 0 Å². The summed E-state index contributed by atoms with van der Waals surface area (Å²) in [5, 5.41) is 12.0. The van der Waals surface area contributed by atoms with Gasteiger partial charge in [0.2, 0.25) is 0 Å². The Morgan fingerprint density at radius 3 is 2.70 bits per heavy atom. The van der Waals surface area contributed by atoms with Gasteiger partial charge in [-0.3, -0.25) is 0 Å². The highest BCUT2D eigenvalue weighted by Crippen LogP contribution is 2.24. The standard InChI is InChI=1S/C16H25N3O/c1-19(11-13-7-3-2-4-8-13)12-14-9-5-6-10-15(14)16(17)18-20/h5-6,9-10,13,20H,2-4,7-8,11-12H2,1H3,(H2,17,18). The molecule has 0 heterocycles. The topological polar surface area (TPSA) is 61.8 Å². The van der Waals surface area contributed by atoms with Gasteiger partial charge in [-0.2, -0.15) is 0 Å². The molecular weight excluding hydrogens is 250 g/mol. The number of nitrogens with two attached hydrogens (primary N) is 1. The zero-order valence-electron chi connectivity index (χ0n) is 12.3. The first-order valence-electron chi connectivity index (χ1n) is 7.45. The van der Waals surface area contributed by atoms with Crippen LogP contribution in [0, 0.1) is 5.92 Å². The maximum absolute atomic E-state index is 8.86. The SMILES string of the molecule is CN(Cc1ccccc1C(N)=NO)CC1CCCCC1. The summed E-state index contributed by atoms with van der Waals surface area (Å²) in [7, 11) is 2.15. The summed E-state index contributed by atoms with van der Waals surface area (Å²) in [6, 6.07) is 7.86. The molecule has 1 aromatic carbocycles. The lowest BCUT2D eigenvalue weighted by molar-refractivity contribution is 0.228. The zero-order chi connectivity index (χ0) is 14.4. The molecule has 0 unspecified atom stereocenters. The van der Waals surface area contributed by atoms with Crippen LogP contribution in [0.25, 0.3) is 0 Å². The van der Waals surface area contributed by atoms with Crippen molar-refractivity contribution in [3.8, 4) is 0 Å². The normalized spacial score (nSPS) is 17.6. The van der Waals surface area contributed by atoms with Crippen molar-refractivity contribution in [2.45, 2.75) is 38.6 Å². The van der Waals surface area contributed by atoms with Crippen molar-refractivity contribution in [1.29, 1.82) is 0 Å². The molecule has 0 aromatic heterocycles. The number of hydrogen-bond donors (Lipinski definition) is 2. The van der Waals surface area contributed by atoms with E-state index in [0.29, 0.717) is 0 Å². The van der Waals surface area contributed by atoms with E-state index in [4.69, 9.17) is 10.9 Å². The van der Waals surface area contributed by atoms with Gasteiger partial charge in [-0.25, -0.2) is 0 Å². The Labute approximate surface area is 121 Å². The Morgan fingerprint density at radius 2 is 2.00 bits per heavy atom. The highest BCUT2D eigenvalue weighted by molar-refractivity contribution is 5.98. The van der Waals surface area contributed by atoms with Gasteiger partial charge in [-0.15, -0.1) is 0 Å². The van der Waals surface area contributed by atoms with Crippen LogP contribution in [0.15, 0.2) is 29.4 Å². The Morgan fingerprint density at radius 1 is 1.30 bits per heavy atom. The largest absolute Gasteiger partial charge is 0.409 e. The van der Waals surface area contributed by atoms with E-state index in [1.165, 1.54) is 32.1 Å². The molecule has 1 aliphatic carbocycles. The summed E-state index contributed by atoms with van der Waals surface area (Å²) in [6.45, 7) is 1.97. The smallest absolute Gasteiger partial charge is 0.170 e. The molecule has 0 atom stereocenters. The van der Waals surface area contributed by atoms with Crippen molar-refractivity contribution >= 4 is 5.84 Å². The molecule has 2 rings (SSSR count). The third-order valence-corrected chi connectivity index (χ3v) is 4.14. The van der Waals surface area contributed by atoms with Crippen LogP contribution in [0.2, 0.25) is 0 Å². The molecule has 1 saturated carbocycles. The minimum absolute atomic E-state index is 0.187. The molecule has 0 radical (unpaired) electrons. The minimum Gasteiger partial charge on any atom is -0.409 e. The molecule has 4 heteroatoms. The van der Waals surface area contributed by atoms with Crippen molar-refractivity contribution < 1.29 is 5.21 Å². The molecule has 1 aromatic rings. The lowest BCUT2D eigenvalue weighted by Gasteiger charge is -2.27. The van der Waals surface area contributed by atoms with Gasteiger partial charge in [0.15, 0.2) is 5.84 Å². The van der Waals surface area contributed by atoms with E-state index < -0.39 is 0 Å².